The van der Waals surface area contributed by atoms with Gasteiger partial charge in [0.15, 0.2) is 0 Å². The van der Waals surface area contributed by atoms with E-state index in [1.54, 1.807) is 12.4 Å². The lowest BCUT2D eigenvalue weighted by molar-refractivity contribution is 0.292. The van der Waals surface area contributed by atoms with E-state index in [-0.39, 0.29) is 6.61 Å². The highest BCUT2D eigenvalue weighted by molar-refractivity contribution is 5.70. The van der Waals surface area contributed by atoms with Crippen LogP contribution in [0.3, 0.4) is 0 Å². The van der Waals surface area contributed by atoms with Crippen LogP contribution in [0, 0.1) is 20.8 Å². The van der Waals surface area contributed by atoms with Gasteiger partial charge in [-0.3, -0.25) is 4.98 Å². The molecule has 0 aliphatic rings. The van der Waals surface area contributed by atoms with Crippen LogP contribution in [0.5, 0.6) is 0 Å². The van der Waals surface area contributed by atoms with E-state index in [0.717, 1.165) is 16.9 Å². The summed E-state index contributed by atoms with van der Waals surface area (Å²) in [4.78, 5) is 13.4. The van der Waals surface area contributed by atoms with Crippen molar-refractivity contribution in [1.82, 2.24) is 15.0 Å². The molecule has 1 aromatic carbocycles. The first-order valence-corrected chi connectivity index (χ1v) is 9.06. The monoisotopic (exact) mass is 363 g/mol. The molecule has 3 rings (SSSR count). The molecule has 0 aliphatic carbocycles. The molecule has 0 aliphatic heterocycles. The molecular weight excluding hydrogens is 338 g/mol. The third-order valence-electron chi connectivity index (χ3n) is 4.23. The number of rotatable bonds is 7. The van der Waals surface area contributed by atoms with Crippen molar-refractivity contribution in [2.45, 2.75) is 27.2 Å². The number of aromatic nitrogens is 3. The third kappa shape index (κ3) is 4.80. The van der Waals surface area contributed by atoms with Crippen molar-refractivity contribution in [2.24, 2.45) is 0 Å². The second-order valence-electron chi connectivity index (χ2n) is 6.61. The summed E-state index contributed by atoms with van der Waals surface area (Å²) >= 11 is 0. The number of benzene rings is 1. The molecule has 3 aromatic rings. The van der Waals surface area contributed by atoms with Crippen molar-refractivity contribution in [2.75, 3.05) is 23.8 Å². The molecular formula is C21H25N5O. The molecule has 0 unspecified atom stereocenters. The number of aliphatic hydroxyl groups is 1. The summed E-state index contributed by atoms with van der Waals surface area (Å²) in [6.45, 7) is 7.01. The van der Waals surface area contributed by atoms with Gasteiger partial charge in [-0.2, -0.15) is 4.98 Å². The minimum atomic E-state index is 0.127. The van der Waals surface area contributed by atoms with Crippen LogP contribution in [0.15, 0.2) is 42.7 Å². The lowest BCUT2D eigenvalue weighted by atomic mass is 10.1. The first-order chi connectivity index (χ1) is 13.1. The molecule has 2 heterocycles. The van der Waals surface area contributed by atoms with E-state index in [4.69, 9.17) is 5.11 Å². The molecule has 27 heavy (non-hydrogen) atoms. The van der Waals surface area contributed by atoms with Gasteiger partial charge < -0.3 is 15.7 Å². The van der Waals surface area contributed by atoms with E-state index in [1.807, 2.05) is 18.2 Å². The highest BCUT2D eigenvalue weighted by Crippen LogP contribution is 2.27. The highest BCUT2D eigenvalue weighted by Gasteiger charge is 2.10. The Morgan fingerprint density at radius 1 is 1.04 bits per heavy atom. The Bertz CT molecular complexity index is 889. The summed E-state index contributed by atoms with van der Waals surface area (Å²) in [7, 11) is 0. The Balaban J connectivity index is 1.97. The summed E-state index contributed by atoms with van der Waals surface area (Å²) in [5.74, 6) is 1.24. The molecule has 0 radical (unpaired) electrons. The molecule has 0 saturated carbocycles. The van der Waals surface area contributed by atoms with Gasteiger partial charge in [0.05, 0.1) is 5.69 Å². The lowest BCUT2D eigenvalue weighted by Gasteiger charge is -2.15. The fourth-order valence-corrected chi connectivity index (χ4v) is 3.04. The third-order valence-corrected chi connectivity index (χ3v) is 4.23. The first-order valence-electron chi connectivity index (χ1n) is 9.06. The first kappa shape index (κ1) is 18.8. The SMILES string of the molecule is Cc1cc(C)c(Nc2cc(-c3cccnc3)nc(NCCCO)n2)c(C)c1. The van der Waals surface area contributed by atoms with Crippen LogP contribution in [0.1, 0.15) is 23.1 Å². The highest BCUT2D eigenvalue weighted by atomic mass is 16.3. The molecule has 3 N–H and O–H groups in total. The predicted molar refractivity (Wildman–Crippen MR) is 109 cm³/mol. The molecule has 0 bridgehead atoms. The number of pyridine rings is 1. The van der Waals surface area contributed by atoms with Crippen molar-refractivity contribution in [3.8, 4) is 11.3 Å². The summed E-state index contributed by atoms with van der Waals surface area (Å²) in [5.41, 5.74) is 6.34. The average molecular weight is 363 g/mol. The maximum Gasteiger partial charge on any atom is 0.225 e. The second-order valence-corrected chi connectivity index (χ2v) is 6.61. The van der Waals surface area contributed by atoms with Gasteiger partial charge in [0.1, 0.15) is 5.82 Å². The summed E-state index contributed by atoms with van der Waals surface area (Å²) in [6, 6.07) is 10.1. The van der Waals surface area contributed by atoms with Gasteiger partial charge in [0, 0.05) is 42.9 Å². The summed E-state index contributed by atoms with van der Waals surface area (Å²) in [5, 5.41) is 15.6. The molecule has 0 spiro atoms. The van der Waals surface area contributed by atoms with E-state index >= 15 is 0 Å². The Morgan fingerprint density at radius 2 is 1.81 bits per heavy atom. The van der Waals surface area contributed by atoms with Crippen LogP contribution in [0.2, 0.25) is 0 Å². The maximum atomic E-state index is 9.01. The topological polar surface area (TPSA) is 83.0 Å². The number of hydrogen-bond acceptors (Lipinski definition) is 6. The molecule has 6 nitrogen and oxygen atoms in total. The number of nitrogens with zero attached hydrogens (tertiary/aromatic N) is 3. The van der Waals surface area contributed by atoms with E-state index in [1.165, 1.54) is 16.7 Å². The molecule has 0 atom stereocenters. The van der Waals surface area contributed by atoms with E-state index in [9.17, 15) is 0 Å². The Kier molecular flexibility index (Phi) is 5.98. The number of anilines is 3. The fourth-order valence-electron chi connectivity index (χ4n) is 3.04. The number of nitrogens with one attached hydrogen (secondary N) is 2. The molecule has 2 aromatic heterocycles. The van der Waals surface area contributed by atoms with Gasteiger partial charge in [0.2, 0.25) is 5.95 Å². The van der Waals surface area contributed by atoms with Crippen molar-refractivity contribution in [3.05, 3.63) is 59.4 Å². The van der Waals surface area contributed by atoms with Gasteiger partial charge in [-0.25, -0.2) is 4.98 Å². The zero-order chi connectivity index (χ0) is 19.2. The minimum absolute atomic E-state index is 0.127. The Morgan fingerprint density at radius 3 is 2.48 bits per heavy atom. The van der Waals surface area contributed by atoms with E-state index in [0.29, 0.717) is 24.7 Å². The van der Waals surface area contributed by atoms with Crippen LogP contribution in [0.25, 0.3) is 11.3 Å². The van der Waals surface area contributed by atoms with Gasteiger partial charge in [-0.05, 0) is 50.5 Å². The van der Waals surface area contributed by atoms with Crippen LogP contribution in [0.4, 0.5) is 17.5 Å². The second kappa shape index (κ2) is 8.60. The van der Waals surface area contributed by atoms with Crippen molar-refractivity contribution < 1.29 is 5.11 Å². The zero-order valence-electron chi connectivity index (χ0n) is 16.0. The summed E-state index contributed by atoms with van der Waals surface area (Å²) < 4.78 is 0. The number of hydrogen-bond donors (Lipinski definition) is 3. The average Bonchev–Trinajstić information content (AvgIpc) is 2.65. The minimum Gasteiger partial charge on any atom is -0.396 e. The van der Waals surface area contributed by atoms with Crippen molar-refractivity contribution in [1.29, 1.82) is 0 Å². The molecule has 0 fully saturated rings. The number of aryl methyl sites for hydroxylation is 3. The molecule has 6 heteroatoms. The largest absolute Gasteiger partial charge is 0.396 e. The molecule has 0 amide bonds. The van der Waals surface area contributed by atoms with Crippen LogP contribution >= 0.6 is 0 Å². The van der Waals surface area contributed by atoms with Crippen LogP contribution in [-0.2, 0) is 0 Å². The molecule has 0 saturated heterocycles. The predicted octanol–water partition coefficient (Wildman–Crippen LogP) is 4.00. The lowest BCUT2D eigenvalue weighted by Crippen LogP contribution is -2.09. The zero-order valence-corrected chi connectivity index (χ0v) is 16.0. The fraction of sp³-hybridized carbons (Fsp3) is 0.286. The Labute approximate surface area is 159 Å². The van der Waals surface area contributed by atoms with Gasteiger partial charge in [-0.1, -0.05) is 17.7 Å². The van der Waals surface area contributed by atoms with Crippen molar-refractivity contribution in [3.63, 3.8) is 0 Å². The standard InChI is InChI=1S/C21H25N5O/c1-14-10-15(2)20(16(3)11-14)25-19-12-18(17-6-4-7-22-13-17)24-21(26-19)23-8-5-9-27/h4,6-7,10-13,27H,5,8-9H2,1-3H3,(H2,23,24,25,26). The van der Waals surface area contributed by atoms with E-state index < -0.39 is 0 Å². The van der Waals surface area contributed by atoms with E-state index in [2.05, 4.69) is 58.5 Å². The van der Waals surface area contributed by atoms with Crippen molar-refractivity contribution >= 4 is 17.5 Å². The van der Waals surface area contributed by atoms with Crippen LogP contribution < -0.4 is 10.6 Å². The quantitative estimate of drug-likeness (QED) is 0.550. The van der Waals surface area contributed by atoms with Gasteiger partial charge in [0.25, 0.3) is 0 Å². The Hall–Kier alpha value is -2.99. The number of aliphatic hydroxyl groups excluding tert-OH is 1. The maximum absolute atomic E-state index is 9.01. The normalized spacial score (nSPS) is 10.7. The van der Waals surface area contributed by atoms with Crippen LogP contribution in [-0.4, -0.2) is 33.2 Å². The smallest absolute Gasteiger partial charge is 0.225 e. The summed E-state index contributed by atoms with van der Waals surface area (Å²) in [6.07, 6.45) is 4.16. The van der Waals surface area contributed by atoms with Gasteiger partial charge in [-0.15, -0.1) is 0 Å². The van der Waals surface area contributed by atoms with Gasteiger partial charge >= 0.3 is 0 Å². The molecule has 140 valence electrons.